The van der Waals surface area contributed by atoms with Crippen LogP contribution in [0.5, 0.6) is 0 Å². The highest BCUT2D eigenvalue weighted by Gasteiger charge is 2.58. The Morgan fingerprint density at radius 2 is 1.16 bits per heavy atom. The fourth-order valence-electron chi connectivity index (χ4n) is 8.17. The SMILES string of the molecule is CC(C)(C)CC(C)(C)C(C1OC1O)C(C)(C)CC(C)(C)C(C(=O)O)C(C)(C)CC(C)(C)N. The van der Waals surface area contributed by atoms with Crippen molar-refractivity contribution in [2.75, 3.05) is 0 Å². The highest BCUT2D eigenvalue weighted by Crippen LogP contribution is 2.58. The van der Waals surface area contributed by atoms with E-state index in [1.165, 1.54) is 0 Å². The molecule has 1 rings (SSSR count). The van der Waals surface area contributed by atoms with Gasteiger partial charge in [0.2, 0.25) is 0 Å². The minimum absolute atomic E-state index is 0.0898. The van der Waals surface area contributed by atoms with Gasteiger partial charge in [-0.3, -0.25) is 4.79 Å². The lowest BCUT2D eigenvalue weighted by Gasteiger charge is -2.52. The molecule has 4 N–H and O–H groups in total. The van der Waals surface area contributed by atoms with Crippen LogP contribution in [0.3, 0.4) is 0 Å². The molecule has 190 valence electrons. The molecule has 5 heteroatoms. The number of carboxylic acids is 1. The van der Waals surface area contributed by atoms with Crippen LogP contribution in [0.15, 0.2) is 0 Å². The number of ether oxygens (including phenoxy) is 1. The third-order valence-electron chi connectivity index (χ3n) is 7.13. The van der Waals surface area contributed by atoms with Gasteiger partial charge in [-0.15, -0.1) is 0 Å². The van der Waals surface area contributed by atoms with Gasteiger partial charge in [-0.25, -0.2) is 0 Å². The van der Waals surface area contributed by atoms with Crippen molar-refractivity contribution in [1.82, 2.24) is 0 Å². The summed E-state index contributed by atoms with van der Waals surface area (Å²) in [5.74, 6) is -1.24. The average Bonchev–Trinajstić information content (AvgIpc) is 3.03. The molecule has 5 nitrogen and oxygen atoms in total. The van der Waals surface area contributed by atoms with Gasteiger partial charge in [0.15, 0.2) is 6.29 Å². The van der Waals surface area contributed by atoms with E-state index in [1.54, 1.807) is 0 Å². The highest BCUT2D eigenvalue weighted by molar-refractivity contribution is 5.72. The normalized spacial score (nSPS) is 23.1. The first-order valence-corrected chi connectivity index (χ1v) is 12.2. The molecule has 0 amide bonds. The Morgan fingerprint density at radius 1 is 0.781 bits per heavy atom. The largest absolute Gasteiger partial charge is 0.481 e. The van der Waals surface area contributed by atoms with Crippen LogP contribution in [-0.2, 0) is 9.53 Å². The van der Waals surface area contributed by atoms with E-state index in [0.29, 0.717) is 12.8 Å². The second-order valence-electron chi connectivity index (χ2n) is 15.3. The van der Waals surface area contributed by atoms with Crippen molar-refractivity contribution in [2.24, 2.45) is 44.6 Å². The van der Waals surface area contributed by atoms with Gasteiger partial charge in [0, 0.05) is 11.5 Å². The molecule has 0 aromatic carbocycles. The standard InChI is InChI=1S/C27H53NO4/c1-22(2,3)14-23(4,5)18(17-21(31)32-17)24(6,7)15-25(8,9)19(20(29)30)26(10,11)16-27(12,13)28/h17-19,21,31H,14-16,28H2,1-13H3,(H,29,30). The molecule has 0 aromatic heterocycles. The van der Waals surface area contributed by atoms with Gasteiger partial charge >= 0.3 is 5.97 Å². The molecular weight excluding hydrogens is 402 g/mol. The van der Waals surface area contributed by atoms with Crippen LogP contribution in [-0.4, -0.2) is 34.1 Å². The number of hydrogen-bond acceptors (Lipinski definition) is 4. The van der Waals surface area contributed by atoms with E-state index in [-0.39, 0.29) is 28.3 Å². The predicted octanol–water partition coefficient (Wildman–Crippen LogP) is 6.08. The quantitative estimate of drug-likeness (QED) is 0.328. The second kappa shape index (κ2) is 8.85. The summed E-state index contributed by atoms with van der Waals surface area (Å²) in [5.41, 5.74) is 4.70. The Hall–Kier alpha value is -0.650. The van der Waals surface area contributed by atoms with Crippen LogP contribution in [0, 0.1) is 38.9 Å². The van der Waals surface area contributed by atoms with Crippen molar-refractivity contribution >= 4 is 5.97 Å². The maximum absolute atomic E-state index is 12.6. The Morgan fingerprint density at radius 3 is 1.47 bits per heavy atom. The lowest BCUT2D eigenvalue weighted by Crippen LogP contribution is -2.50. The van der Waals surface area contributed by atoms with Gasteiger partial charge in [-0.05, 0) is 60.2 Å². The van der Waals surface area contributed by atoms with Crippen molar-refractivity contribution in [1.29, 1.82) is 0 Å². The van der Waals surface area contributed by atoms with E-state index >= 15 is 0 Å². The summed E-state index contributed by atoms with van der Waals surface area (Å²) < 4.78 is 5.64. The lowest BCUT2D eigenvalue weighted by atomic mass is 9.52. The predicted molar refractivity (Wildman–Crippen MR) is 132 cm³/mol. The topological polar surface area (TPSA) is 96.1 Å². The first kappa shape index (κ1) is 29.4. The smallest absolute Gasteiger partial charge is 0.307 e. The van der Waals surface area contributed by atoms with Crippen LogP contribution in [0.25, 0.3) is 0 Å². The van der Waals surface area contributed by atoms with Crippen molar-refractivity contribution in [2.45, 2.75) is 127 Å². The van der Waals surface area contributed by atoms with E-state index in [4.69, 9.17) is 10.5 Å². The van der Waals surface area contributed by atoms with E-state index < -0.39 is 34.5 Å². The van der Waals surface area contributed by atoms with Gasteiger partial charge in [-0.2, -0.15) is 0 Å². The van der Waals surface area contributed by atoms with E-state index in [1.807, 2.05) is 27.7 Å². The van der Waals surface area contributed by atoms with Crippen molar-refractivity contribution < 1.29 is 19.7 Å². The molecular formula is C27H53NO4. The number of epoxide rings is 1. The van der Waals surface area contributed by atoms with Crippen LogP contribution in [0.1, 0.15) is 109 Å². The maximum atomic E-state index is 12.6. The molecule has 0 aliphatic carbocycles. The number of aliphatic hydroxyl groups excluding tert-OH is 1. The third-order valence-corrected chi connectivity index (χ3v) is 7.13. The van der Waals surface area contributed by atoms with Crippen molar-refractivity contribution in [3.05, 3.63) is 0 Å². The van der Waals surface area contributed by atoms with E-state index in [2.05, 4.69) is 62.3 Å². The highest BCUT2D eigenvalue weighted by atomic mass is 16.7. The number of rotatable bonds is 11. The fraction of sp³-hybridized carbons (Fsp3) is 0.963. The zero-order chi connectivity index (χ0) is 25.7. The minimum Gasteiger partial charge on any atom is -0.481 e. The van der Waals surface area contributed by atoms with Gasteiger partial charge in [0.1, 0.15) is 6.10 Å². The van der Waals surface area contributed by atoms with Gasteiger partial charge in [0.05, 0.1) is 5.92 Å². The molecule has 0 radical (unpaired) electrons. The first-order valence-electron chi connectivity index (χ1n) is 12.2. The zero-order valence-electron chi connectivity index (χ0n) is 23.2. The van der Waals surface area contributed by atoms with Gasteiger partial charge in [0.25, 0.3) is 0 Å². The lowest BCUT2D eigenvalue weighted by molar-refractivity contribution is -0.155. The summed E-state index contributed by atoms with van der Waals surface area (Å²) in [6, 6.07) is 0. The summed E-state index contributed by atoms with van der Waals surface area (Å²) in [7, 11) is 0. The average molecular weight is 456 g/mol. The van der Waals surface area contributed by atoms with E-state index in [0.717, 1.165) is 6.42 Å². The summed E-state index contributed by atoms with van der Waals surface area (Å²) in [6.07, 6.45) is 1.36. The van der Waals surface area contributed by atoms with Crippen LogP contribution in [0.2, 0.25) is 0 Å². The second-order valence-corrected chi connectivity index (χ2v) is 15.3. The Bertz CT molecular complexity index is 664. The first-order chi connectivity index (χ1) is 13.8. The Labute approximate surface area is 197 Å². The molecule has 0 bridgehead atoms. The summed E-state index contributed by atoms with van der Waals surface area (Å²) in [5, 5.41) is 20.6. The molecule has 1 heterocycles. The number of hydrogen-bond donors (Lipinski definition) is 3. The molecule has 4 unspecified atom stereocenters. The molecule has 0 spiro atoms. The molecule has 0 saturated carbocycles. The van der Waals surface area contributed by atoms with Crippen molar-refractivity contribution in [3.8, 4) is 0 Å². The molecule has 4 atom stereocenters. The Balaban J connectivity index is 3.36. The van der Waals surface area contributed by atoms with Crippen LogP contribution in [0.4, 0.5) is 0 Å². The molecule has 1 saturated heterocycles. The Kier molecular flexibility index (Phi) is 8.13. The van der Waals surface area contributed by atoms with Gasteiger partial charge in [-0.1, -0.05) is 76.2 Å². The number of carbonyl (C=O) groups is 1. The fourth-order valence-corrected chi connectivity index (χ4v) is 8.17. The van der Waals surface area contributed by atoms with Gasteiger partial charge < -0.3 is 20.7 Å². The molecule has 1 aliphatic heterocycles. The number of aliphatic carboxylic acids is 1. The van der Waals surface area contributed by atoms with E-state index in [9.17, 15) is 15.0 Å². The number of aliphatic hydroxyl groups is 1. The maximum Gasteiger partial charge on any atom is 0.307 e. The monoisotopic (exact) mass is 455 g/mol. The summed E-state index contributed by atoms with van der Waals surface area (Å²) in [4.78, 5) is 12.6. The zero-order valence-corrected chi connectivity index (χ0v) is 23.2. The number of carboxylic acid groups (broad SMARTS) is 1. The molecule has 0 aromatic rings. The minimum atomic E-state index is -0.770. The molecule has 32 heavy (non-hydrogen) atoms. The van der Waals surface area contributed by atoms with Crippen LogP contribution < -0.4 is 5.73 Å². The van der Waals surface area contributed by atoms with Crippen LogP contribution >= 0.6 is 0 Å². The molecule has 1 fully saturated rings. The summed E-state index contributed by atoms with van der Waals surface area (Å²) in [6.45, 7) is 27.8. The van der Waals surface area contributed by atoms with Crippen molar-refractivity contribution in [3.63, 3.8) is 0 Å². The summed E-state index contributed by atoms with van der Waals surface area (Å²) >= 11 is 0. The molecule has 1 aliphatic rings. The number of nitrogens with two attached hydrogens (primary N) is 1. The third kappa shape index (κ3) is 7.70.